The smallest absolute Gasteiger partial charge is 0.240 e. The maximum atomic E-state index is 12.1. The van der Waals surface area contributed by atoms with E-state index in [4.69, 9.17) is 9.47 Å². The number of hydrogen-bond donors (Lipinski definition) is 3. The molecule has 1 atom stereocenters. The summed E-state index contributed by atoms with van der Waals surface area (Å²) >= 11 is 0. The van der Waals surface area contributed by atoms with Crippen molar-refractivity contribution in [2.75, 3.05) is 40.0 Å². The number of carbonyl (C=O) groups excluding carboxylic acids is 1. The monoisotopic (exact) mass is 371 g/mol. The minimum atomic E-state index is -3.54. The summed E-state index contributed by atoms with van der Waals surface area (Å²) in [5, 5.41) is 6.06. The Morgan fingerprint density at radius 3 is 2.76 bits per heavy atom. The first-order valence-electron chi connectivity index (χ1n) is 8.16. The van der Waals surface area contributed by atoms with E-state index >= 15 is 0 Å². The number of morpholine rings is 1. The standard InChI is InChI=1S/C16H25N3O5S/c1-23-8-7-19-25(21,22)15-4-2-13(3-5-15)11-18-16(20)10-14-12-24-9-6-17-14/h2-5,14,17,19H,6-12H2,1H3,(H,18,20). The molecular weight excluding hydrogens is 346 g/mol. The second-order valence-electron chi connectivity index (χ2n) is 5.74. The second-order valence-corrected chi connectivity index (χ2v) is 7.51. The number of sulfonamides is 1. The van der Waals surface area contributed by atoms with Gasteiger partial charge in [0.1, 0.15) is 0 Å². The molecule has 0 bridgehead atoms. The summed E-state index contributed by atoms with van der Waals surface area (Å²) < 4.78 is 36.7. The molecule has 8 nitrogen and oxygen atoms in total. The predicted octanol–water partition coefficient (Wildman–Crippen LogP) is -0.394. The lowest BCUT2D eigenvalue weighted by Crippen LogP contribution is -2.44. The Balaban J connectivity index is 1.80. The Morgan fingerprint density at radius 2 is 2.12 bits per heavy atom. The van der Waals surface area contributed by atoms with Crippen LogP contribution in [0.1, 0.15) is 12.0 Å². The summed E-state index contributed by atoms with van der Waals surface area (Å²) in [6, 6.07) is 6.46. The van der Waals surface area contributed by atoms with Gasteiger partial charge in [0, 0.05) is 39.2 Å². The van der Waals surface area contributed by atoms with Gasteiger partial charge in [-0.2, -0.15) is 0 Å². The number of carbonyl (C=O) groups is 1. The lowest BCUT2D eigenvalue weighted by Gasteiger charge is -2.23. The topological polar surface area (TPSA) is 106 Å². The molecule has 0 spiro atoms. The number of rotatable bonds is 9. The summed E-state index contributed by atoms with van der Waals surface area (Å²) in [6.07, 6.45) is 0.357. The molecule has 0 radical (unpaired) electrons. The summed E-state index contributed by atoms with van der Waals surface area (Å²) in [5.74, 6) is -0.0686. The van der Waals surface area contributed by atoms with Crippen molar-refractivity contribution in [1.29, 1.82) is 0 Å². The fraction of sp³-hybridized carbons (Fsp3) is 0.562. The molecule has 1 saturated heterocycles. The molecule has 0 saturated carbocycles. The van der Waals surface area contributed by atoms with Crippen LogP contribution < -0.4 is 15.4 Å². The molecule has 0 aromatic heterocycles. The van der Waals surface area contributed by atoms with Crippen molar-refractivity contribution in [2.24, 2.45) is 0 Å². The Hall–Kier alpha value is -1.52. The third-order valence-electron chi connectivity index (χ3n) is 3.75. The molecule has 1 aromatic carbocycles. The van der Waals surface area contributed by atoms with Gasteiger partial charge in [-0.3, -0.25) is 4.79 Å². The second kappa shape index (κ2) is 9.83. The van der Waals surface area contributed by atoms with Gasteiger partial charge in [0.2, 0.25) is 15.9 Å². The van der Waals surface area contributed by atoms with E-state index in [-0.39, 0.29) is 23.4 Å². The highest BCUT2D eigenvalue weighted by Crippen LogP contribution is 2.10. The minimum absolute atomic E-state index is 0.0412. The number of amides is 1. The molecule has 140 valence electrons. The molecule has 1 amide bonds. The van der Waals surface area contributed by atoms with Crippen LogP contribution in [0.25, 0.3) is 0 Å². The molecule has 9 heteroatoms. The molecule has 1 aliphatic rings. The van der Waals surface area contributed by atoms with Crippen LogP contribution in [-0.4, -0.2) is 60.4 Å². The average molecular weight is 371 g/mol. The molecule has 25 heavy (non-hydrogen) atoms. The van der Waals surface area contributed by atoms with Crippen LogP contribution >= 0.6 is 0 Å². The summed E-state index contributed by atoms with van der Waals surface area (Å²) in [6.45, 7) is 2.85. The fourth-order valence-electron chi connectivity index (χ4n) is 2.40. The van der Waals surface area contributed by atoms with E-state index < -0.39 is 10.0 Å². The fourth-order valence-corrected chi connectivity index (χ4v) is 3.41. The first-order valence-corrected chi connectivity index (χ1v) is 9.65. The molecule has 1 fully saturated rings. The number of nitrogens with one attached hydrogen (secondary N) is 3. The van der Waals surface area contributed by atoms with Gasteiger partial charge in [0.25, 0.3) is 0 Å². The zero-order valence-electron chi connectivity index (χ0n) is 14.3. The van der Waals surface area contributed by atoms with Gasteiger partial charge in [-0.15, -0.1) is 0 Å². The normalized spacial score (nSPS) is 18.0. The highest BCUT2D eigenvalue weighted by molar-refractivity contribution is 7.89. The van der Waals surface area contributed by atoms with E-state index in [2.05, 4.69) is 15.4 Å². The SMILES string of the molecule is COCCNS(=O)(=O)c1ccc(CNC(=O)CC2COCCN2)cc1. The van der Waals surface area contributed by atoms with Gasteiger partial charge in [-0.1, -0.05) is 12.1 Å². The summed E-state index contributed by atoms with van der Waals surface area (Å²) in [7, 11) is -2.03. The van der Waals surface area contributed by atoms with Gasteiger partial charge in [-0.25, -0.2) is 13.1 Å². The Morgan fingerprint density at radius 1 is 1.36 bits per heavy atom. The van der Waals surface area contributed by atoms with Gasteiger partial charge < -0.3 is 20.1 Å². The first kappa shape index (κ1) is 19.8. The van der Waals surface area contributed by atoms with Crippen molar-refractivity contribution >= 4 is 15.9 Å². The van der Waals surface area contributed by atoms with Gasteiger partial charge in [-0.05, 0) is 17.7 Å². The lowest BCUT2D eigenvalue weighted by atomic mass is 10.2. The van der Waals surface area contributed by atoms with Crippen LogP contribution in [0.3, 0.4) is 0 Å². The Kier molecular flexibility index (Phi) is 7.79. The number of hydrogen-bond acceptors (Lipinski definition) is 6. The van der Waals surface area contributed by atoms with Crippen molar-refractivity contribution in [2.45, 2.75) is 23.9 Å². The van der Waals surface area contributed by atoms with Gasteiger partial charge in [0.15, 0.2) is 0 Å². The molecule has 1 heterocycles. The summed E-state index contributed by atoms with van der Waals surface area (Å²) in [4.78, 5) is 12.1. The first-order chi connectivity index (χ1) is 12.0. The van der Waals surface area contributed by atoms with Crippen LogP contribution in [0.5, 0.6) is 0 Å². The van der Waals surface area contributed by atoms with Crippen LogP contribution in [-0.2, 0) is 30.8 Å². The Bertz CT molecular complexity index is 642. The molecule has 2 rings (SSSR count). The van der Waals surface area contributed by atoms with E-state index in [1.165, 1.54) is 19.2 Å². The number of methoxy groups -OCH3 is 1. The quantitative estimate of drug-likeness (QED) is 0.511. The van der Waals surface area contributed by atoms with E-state index in [1.54, 1.807) is 12.1 Å². The predicted molar refractivity (Wildman–Crippen MR) is 92.6 cm³/mol. The van der Waals surface area contributed by atoms with Crippen LogP contribution in [0.2, 0.25) is 0 Å². The molecule has 1 unspecified atom stereocenters. The summed E-state index contributed by atoms with van der Waals surface area (Å²) in [5.41, 5.74) is 0.831. The number of ether oxygens (including phenoxy) is 2. The highest BCUT2D eigenvalue weighted by Gasteiger charge is 2.17. The van der Waals surface area contributed by atoms with Crippen molar-refractivity contribution < 1.29 is 22.7 Å². The van der Waals surface area contributed by atoms with Crippen LogP contribution in [0, 0.1) is 0 Å². The zero-order chi connectivity index (χ0) is 18.1. The zero-order valence-corrected chi connectivity index (χ0v) is 15.1. The molecule has 1 aliphatic heterocycles. The largest absolute Gasteiger partial charge is 0.383 e. The van der Waals surface area contributed by atoms with E-state index in [1.807, 2.05) is 0 Å². The van der Waals surface area contributed by atoms with Crippen molar-refractivity contribution in [1.82, 2.24) is 15.4 Å². The minimum Gasteiger partial charge on any atom is -0.383 e. The van der Waals surface area contributed by atoms with Crippen molar-refractivity contribution in [3.63, 3.8) is 0 Å². The lowest BCUT2D eigenvalue weighted by molar-refractivity contribution is -0.122. The maximum absolute atomic E-state index is 12.1. The van der Waals surface area contributed by atoms with Gasteiger partial charge in [0.05, 0.1) is 24.7 Å². The molecule has 1 aromatic rings. The average Bonchev–Trinajstić information content (AvgIpc) is 2.61. The van der Waals surface area contributed by atoms with Crippen LogP contribution in [0.4, 0.5) is 0 Å². The molecular formula is C16H25N3O5S. The third-order valence-corrected chi connectivity index (χ3v) is 5.23. The Labute approximate surface area is 148 Å². The molecule has 0 aliphatic carbocycles. The van der Waals surface area contributed by atoms with Crippen molar-refractivity contribution in [3.8, 4) is 0 Å². The highest BCUT2D eigenvalue weighted by atomic mass is 32.2. The van der Waals surface area contributed by atoms with Crippen LogP contribution in [0.15, 0.2) is 29.2 Å². The van der Waals surface area contributed by atoms with E-state index in [9.17, 15) is 13.2 Å². The van der Waals surface area contributed by atoms with Crippen molar-refractivity contribution in [3.05, 3.63) is 29.8 Å². The van der Waals surface area contributed by atoms with E-state index in [0.29, 0.717) is 32.8 Å². The number of benzene rings is 1. The molecule has 3 N–H and O–H groups in total. The third kappa shape index (κ3) is 6.71. The van der Waals surface area contributed by atoms with E-state index in [0.717, 1.165) is 12.1 Å². The maximum Gasteiger partial charge on any atom is 0.240 e. The van der Waals surface area contributed by atoms with Gasteiger partial charge >= 0.3 is 0 Å².